The van der Waals surface area contributed by atoms with Crippen LogP contribution in [0.3, 0.4) is 0 Å². The molecule has 0 bridgehead atoms. The first-order chi connectivity index (χ1) is 19.7. The average Bonchev–Trinajstić information content (AvgIpc) is 3.23. The van der Waals surface area contributed by atoms with Crippen LogP contribution in [0.5, 0.6) is 5.75 Å². The second-order valence-electron chi connectivity index (χ2n) is 9.40. The zero-order valence-corrected chi connectivity index (χ0v) is 26.9. The first-order valence-corrected chi connectivity index (χ1v) is 15.4. The van der Waals surface area contributed by atoms with Gasteiger partial charge < -0.3 is 9.47 Å². The zero-order chi connectivity index (χ0) is 29.3. The number of aryl methyl sites for hydroxylation is 1. The van der Waals surface area contributed by atoms with E-state index in [1.807, 2.05) is 55.5 Å². The number of halogens is 3. The second kappa shape index (κ2) is 12.5. The highest BCUT2D eigenvalue weighted by Crippen LogP contribution is 2.33. The Kier molecular flexibility index (Phi) is 9.03. The molecule has 2 heterocycles. The van der Waals surface area contributed by atoms with Crippen molar-refractivity contribution in [2.75, 3.05) is 6.61 Å². The highest BCUT2D eigenvalue weighted by Gasteiger charge is 2.33. The molecule has 3 aromatic carbocycles. The fourth-order valence-electron chi connectivity index (χ4n) is 4.60. The third-order valence-corrected chi connectivity index (χ3v) is 8.93. The monoisotopic (exact) mass is 718 g/mol. The number of fused-ring (bicyclic) bond motifs is 1. The Labute approximate surface area is 264 Å². The summed E-state index contributed by atoms with van der Waals surface area (Å²) >= 11 is 16.2. The highest BCUT2D eigenvalue weighted by molar-refractivity contribution is 14.1. The number of aromatic nitrogens is 1. The number of ether oxygens (including phenoxy) is 2. The number of nitrogens with zero attached hydrogens (tertiary/aromatic N) is 2. The summed E-state index contributed by atoms with van der Waals surface area (Å²) in [5.41, 5.74) is 3.93. The van der Waals surface area contributed by atoms with Crippen LogP contribution in [0.15, 0.2) is 81.7 Å². The van der Waals surface area contributed by atoms with Gasteiger partial charge in [0.2, 0.25) is 0 Å². The molecular formula is C31H25Cl2IN2O4S. The number of carbonyl (C=O) groups is 1. The van der Waals surface area contributed by atoms with E-state index < -0.39 is 12.0 Å². The van der Waals surface area contributed by atoms with E-state index in [0.29, 0.717) is 42.0 Å². The van der Waals surface area contributed by atoms with Crippen molar-refractivity contribution in [2.45, 2.75) is 33.4 Å². The Hall–Kier alpha value is -2.92. The number of allylic oxidation sites excluding steroid dienone is 1. The Morgan fingerprint density at radius 2 is 1.85 bits per heavy atom. The van der Waals surface area contributed by atoms with Gasteiger partial charge in [-0.15, -0.1) is 0 Å². The molecule has 4 aromatic rings. The smallest absolute Gasteiger partial charge is 0.338 e. The molecule has 1 aliphatic heterocycles. The third kappa shape index (κ3) is 6.16. The molecule has 1 aliphatic rings. The first-order valence-electron chi connectivity index (χ1n) is 12.8. The Bertz CT molecular complexity index is 1860. The molecule has 1 aromatic heterocycles. The number of carbonyl (C=O) groups excluding carboxylic acids is 1. The molecule has 0 aliphatic carbocycles. The van der Waals surface area contributed by atoms with Crippen molar-refractivity contribution in [3.05, 3.63) is 127 Å². The van der Waals surface area contributed by atoms with Crippen LogP contribution in [0, 0.1) is 10.5 Å². The van der Waals surface area contributed by atoms with Gasteiger partial charge in [-0.3, -0.25) is 9.36 Å². The SMILES string of the molecule is CCOC(=O)C1=C(C)N=c2s/c(=C\c3cc(Cl)cc(I)c3OCc3ccccc3Cl)c(=O)n2[C@H]1c1ccc(C)cc1. The summed E-state index contributed by atoms with van der Waals surface area (Å²) in [6.07, 6.45) is 1.76. The number of hydrogen-bond donors (Lipinski definition) is 0. The predicted molar refractivity (Wildman–Crippen MR) is 172 cm³/mol. The standard InChI is InChI=1S/C31H25Cl2IN2O4S/c1-4-39-30(38)26-18(3)35-31-36(27(26)19-11-9-17(2)10-12-19)29(37)25(41-31)14-21-13-22(32)15-24(34)28(21)40-16-20-7-5-6-8-23(20)33/h5-15,27H,4,16H2,1-3H3/b25-14-/t27-/m0/s1. The molecule has 6 nitrogen and oxygen atoms in total. The van der Waals surface area contributed by atoms with Crippen molar-refractivity contribution in [3.63, 3.8) is 0 Å². The van der Waals surface area contributed by atoms with E-state index >= 15 is 0 Å². The Balaban J connectivity index is 1.65. The van der Waals surface area contributed by atoms with Gasteiger partial charge in [-0.05, 0) is 73.2 Å². The number of benzene rings is 3. The Morgan fingerprint density at radius 1 is 1.12 bits per heavy atom. The summed E-state index contributed by atoms with van der Waals surface area (Å²) in [6.45, 7) is 5.96. The molecule has 0 N–H and O–H groups in total. The quantitative estimate of drug-likeness (QED) is 0.160. The Morgan fingerprint density at radius 3 is 2.56 bits per heavy atom. The summed E-state index contributed by atoms with van der Waals surface area (Å²) in [7, 11) is 0. The van der Waals surface area contributed by atoms with Crippen molar-refractivity contribution in [3.8, 4) is 5.75 Å². The van der Waals surface area contributed by atoms with Gasteiger partial charge in [-0.1, -0.05) is 82.6 Å². The van der Waals surface area contributed by atoms with Gasteiger partial charge in [-0.2, -0.15) is 0 Å². The maximum absolute atomic E-state index is 14.0. The van der Waals surface area contributed by atoms with E-state index in [0.717, 1.165) is 20.3 Å². The van der Waals surface area contributed by atoms with Gasteiger partial charge in [-0.25, -0.2) is 9.79 Å². The fourth-order valence-corrected chi connectivity index (χ4v) is 7.04. The average molecular weight is 719 g/mol. The lowest BCUT2D eigenvalue weighted by molar-refractivity contribution is -0.139. The highest BCUT2D eigenvalue weighted by atomic mass is 127. The maximum Gasteiger partial charge on any atom is 0.338 e. The van der Waals surface area contributed by atoms with Crippen molar-refractivity contribution in [1.82, 2.24) is 4.57 Å². The minimum Gasteiger partial charge on any atom is -0.487 e. The van der Waals surface area contributed by atoms with Crippen LogP contribution < -0.4 is 19.6 Å². The van der Waals surface area contributed by atoms with Gasteiger partial charge in [0.15, 0.2) is 4.80 Å². The summed E-state index contributed by atoms with van der Waals surface area (Å²) in [4.78, 5) is 32.3. The summed E-state index contributed by atoms with van der Waals surface area (Å²) < 4.78 is 14.4. The largest absolute Gasteiger partial charge is 0.487 e. The minimum atomic E-state index is -0.677. The molecule has 0 amide bonds. The summed E-state index contributed by atoms with van der Waals surface area (Å²) in [5, 5.41) is 1.12. The lowest BCUT2D eigenvalue weighted by Gasteiger charge is -2.24. The van der Waals surface area contributed by atoms with Crippen molar-refractivity contribution < 1.29 is 14.3 Å². The molecule has 1 atom stereocenters. The lowest BCUT2D eigenvalue weighted by Crippen LogP contribution is -2.39. The zero-order valence-electron chi connectivity index (χ0n) is 22.4. The lowest BCUT2D eigenvalue weighted by atomic mass is 9.95. The van der Waals surface area contributed by atoms with Crippen molar-refractivity contribution in [1.29, 1.82) is 0 Å². The minimum absolute atomic E-state index is 0.213. The van der Waals surface area contributed by atoms with Gasteiger partial charge in [0.25, 0.3) is 5.56 Å². The maximum atomic E-state index is 14.0. The van der Waals surface area contributed by atoms with E-state index in [4.69, 9.17) is 32.7 Å². The van der Waals surface area contributed by atoms with E-state index in [-0.39, 0.29) is 18.8 Å². The molecule has 41 heavy (non-hydrogen) atoms. The second-order valence-corrected chi connectivity index (χ2v) is 12.4. The topological polar surface area (TPSA) is 69.9 Å². The number of esters is 1. The molecule has 0 radical (unpaired) electrons. The van der Waals surface area contributed by atoms with Crippen molar-refractivity contribution in [2.24, 2.45) is 4.99 Å². The van der Waals surface area contributed by atoms with Crippen LogP contribution in [-0.2, 0) is 16.1 Å². The molecule has 210 valence electrons. The van der Waals surface area contributed by atoms with Crippen LogP contribution >= 0.6 is 57.1 Å². The normalized spacial score (nSPS) is 15.0. The molecule has 0 fully saturated rings. The van der Waals surface area contributed by atoms with Crippen LogP contribution in [0.2, 0.25) is 10.0 Å². The third-order valence-electron chi connectivity index (χ3n) is 6.56. The van der Waals surface area contributed by atoms with E-state index in [9.17, 15) is 9.59 Å². The molecular weight excluding hydrogens is 694 g/mol. The molecule has 0 spiro atoms. The van der Waals surface area contributed by atoms with Gasteiger partial charge in [0.05, 0.1) is 32.0 Å². The number of thiazole rings is 1. The van der Waals surface area contributed by atoms with Gasteiger partial charge in [0, 0.05) is 21.2 Å². The number of hydrogen-bond acceptors (Lipinski definition) is 6. The number of rotatable bonds is 7. The van der Waals surface area contributed by atoms with E-state index in [2.05, 4.69) is 27.6 Å². The molecule has 10 heteroatoms. The summed E-state index contributed by atoms with van der Waals surface area (Å²) in [6, 6.07) is 18.1. The van der Waals surface area contributed by atoms with Gasteiger partial charge >= 0.3 is 5.97 Å². The fraction of sp³-hybridized carbons (Fsp3) is 0.194. The van der Waals surface area contributed by atoms with E-state index in [1.165, 1.54) is 11.3 Å². The molecule has 0 unspecified atom stereocenters. The molecule has 0 saturated heterocycles. The van der Waals surface area contributed by atoms with Crippen LogP contribution in [-0.4, -0.2) is 17.1 Å². The first kappa shape index (κ1) is 29.6. The molecule has 5 rings (SSSR count). The molecule has 0 saturated carbocycles. The van der Waals surface area contributed by atoms with Crippen molar-refractivity contribution >= 4 is 69.2 Å². The van der Waals surface area contributed by atoms with Crippen LogP contribution in [0.25, 0.3) is 6.08 Å². The predicted octanol–water partition coefficient (Wildman–Crippen LogP) is 6.60. The van der Waals surface area contributed by atoms with Gasteiger partial charge in [0.1, 0.15) is 12.4 Å². The summed E-state index contributed by atoms with van der Waals surface area (Å²) in [5.74, 6) is 0.0903. The van der Waals surface area contributed by atoms with E-state index in [1.54, 1.807) is 36.6 Å². The van der Waals surface area contributed by atoms with Crippen LogP contribution in [0.4, 0.5) is 0 Å². The van der Waals surface area contributed by atoms with Crippen LogP contribution in [0.1, 0.15) is 42.1 Å².